The molecule has 0 saturated carbocycles. The molecule has 0 heterocycles. The Labute approximate surface area is 90.8 Å². The predicted octanol–water partition coefficient (Wildman–Crippen LogP) is 0.179. The molecule has 0 aliphatic heterocycles. The first kappa shape index (κ1) is 12.5. The van der Waals surface area contributed by atoms with Gasteiger partial charge in [0.2, 0.25) is 10.0 Å². The molecule has 0 aromatic heterocycles. The standard InChI is InChI=1S/C8H9F2N3O2S/c9-6-2-1-5(3-7(6)10)16(14,15)13-4-8(11)12/h1-3,13H,4H2,(H3,11,12). The Morgan fingerprint density at radius 2 is 2.00 bits per heavy atom. The van der Waals surface area contributed by atoms with Crippen molar-refractivity contribution in [2.24, 2.45) is 5.73 Å². The fourth-order valence-electron chi connectivity index (χ4n) is 0.900. The average molecular weight is 249 g/mol. The van der Waals surface area contributed by atoms with Gasteiger partial charge in [0.25, 0.3) is 0 Å². The maximum Gasteiger partial charge on any atom is 0.241 e. The zero-order valence-electron chi connectivity index (χ0n) is 8.00. The van der Waals surface area contributed by atoms with Crippen LogP contribution in [0.4, 0.5) is 8.78 Å². The normalized spacial score (nSPS) is 11.4. The van der Waals surface area contributed by atoms with E-state index in [1.54, 1.807) is 0 Å². The molecule has 88 valence electrons. The summed E-state index contributed by atoms with van der Waals surface area (Å²) in [7, 11) is -3.97. The van der Waals surface area contributed by atoms with Crippen molar-refractivity contribution >= 4 is 15.9 Å². The molecule has 0 spiro atoms. The molecule has 1 aromatic carbocycles. The zero-order valence-corrected chi connectivity index (χ0v) is 8.81. The molecule has 5 nitrogen and oxygen atoms in total. The molecule has 4 N–H and O–H groups in total. The van der Waals surface area contributed by atoms with Crippen molar-refractivity contribution in [2.75, 3.05) is 6.54 Å². The number of amidine groups is 1. The summed E-state index contributed by atoms with van der Waals surface area (Å²) < 4.78 is 50.2. The number of benzene rings is 1. The molecular weight excluding hydrogens is 240 g/mol. The Bertz CT molecular complexity index is 516. The van der Waals surface area contributed by atoms with Crippen LogP contribution >= 0.6 is 0 Å². The van der Waals surface area contributed by atoms with Crippen molar-refractivity contribution < 1.29 is 17.2 Å². The molecule has 1 aromatic rings. The lowest BCUT2D eigenvalue weighted by atomic mass is 10.3. The van der Waals surface area contributed by atoms with Crippen molar-refractivity contribution in [2.45, 2.75) is 4.90 Å². The summed E-state index contributed by atoms with van der Waals surface area (Å²) in [6.45, 7) is -0.388. The second kappa shape index (κ2) is 4.54. The Hall–Kier alpha value is -1.54. The van der Waals surface area contributed by atoms with Crippen LogP contribution in [0.15, 0.2) is 23.1 Å². The lowest BCUT2D eigenvalue weighted by Gasteiger charge is -2.05. The summed E-state index contributed by atoms with van der Waals surface area (Å²) in [4.78, 5) is -0.423. The van der Waals surface area contributed by atoms with Gasteiger partial charge in [0.15, 0.2) is 11.6 Å². The average Bonchev–Trinajstić information content (AvgIpc) is 2.19. The van der Waals surface area contributed by atoms with E-state index in [1.165, 1.54) is 0 Å². The van der Waals surface area contributed by atoms with Gasteiger partial charge in [-0.05, 0) is 18.2 Å². The van der Waals surface area contributed by atoms with E-state index in [0.717, 1.165) is 6.07 Å². The molecule has 0 fully saturated rings. The van der Waals surface area contributed by atoms with Gasteiger partial charge in [0.05, 0.1) is 11.4 Å². The Morgan fingerprint density at radius 3 is 2.50 bits per heavy atom. The predicted molar refractivity (Wildman–Crippen MR) is 53.5 cm³/mol. The summed E-state index contributed by atoms with van der Waals surface area (Å²) in [6, 6.07) is 2.18. The minimum atomic E-state index is -3.97. The van der Waals surface area contributed by atoms with Crippen LogP contribution < -0.4 is 10.5 Å². The summed E-state index contributed by atoms with van der Waals surface area (Å²) in [5.41, 5.74) is 4.95. The van der Waals surface area contributed by atoms with E-state index in [4.69, 9.17) is 11.1 Å². The van der Waals surface area contributed by atoms with Gasteiger partial charge in [-0.15, -0.1) is 0 Å². The third-order valence-electron chi connectivity index (χ3n) is 1.65. The molecule has 1 rings (SSSR count). The topological polar surface area (TPSA) is 96.0 Å². The van der Waals surface area contributed by atoms with E-state index in [9.17, 15) is 17.2 Å². The van der Waals surface area contributed by atoms with E-state index in [0.29, 0.717) is 12.1 Å². The lowest BCUT2D eigenvalue weighted by Crippen LogP contribution is -2.33. The quantitative estimate of drug-likeness (QED) is 0.524. The van der Waals surface area contributed by atoms with Crippen LogP contribution in [0.1, 0.15) is 0 Å². The molecule has 0 saturated heterocycles. The molecule has 0 bridgehead atoms. The number of sulfonamides is 1. The van der Waals surface area contributed by atoms with Gasteiger partial charge in [0, 0.05) is 0 Å². The third-order valence-corrected chi connectivity index (χ3v) is 3.05. The van der Waals surface area contributed by atoms with Gasteiger partial charge in [-0.3, -0.25) is 5.41 Å². The van der Waals surface area contributed by atoms with Crippen LogP contribution in [0.3, 0.4) is 0 Å². The van der Waals surface area contributed by atoms with Crippen molar-refractivity contribution in [3.8, 4) is 0 Å². The Morgan fingerprint density at radius 1 is 1.38 bits per heavy atom. The summed E-state index contributed by atoms with van der Waals surface area (Å²) >= 11 is 0. The van der Waals surface area contributed by atoms with Crippen molar-refractivity contribution in [3.63, 3.8) is 0 Å². The third kappa shape index (κ3) is 2.97. The number of halogens is 2. The maximum absolute atomic E-state index is 12.8. The zero-order chi connectivity index (χ0) is 12.3. The second-order valence-corrected chi connectivity index (χ2v) is 4.69. The Balaban J connectivity index is 2.99. The molecule has 16 heavy (non-hydrogen) atoms. The highest BCUT2D eigenvalue weighted by atomic mass is 32.2. The van der Waals surface area contributed by atoms with E-state index >= 15 is 0 Å². The first-order chi connectivity index (χ1) is 7.33. The van der Waals surface area contributed by atoms with Gasteiger partial charge < -0.3 is 5.73 Å². The molecular formula is C8H9F2N3O2S. The Kier molecular flexibility index (Phi) is 3.55. The number of nitrogens with two attached hydrogens (primary N) is 1. The van der Waals surface area contributed by atoms with E-state index in [1.807, 2.05) is 4.72 Å². The molecule has 0 radical (unpaired) electrons. The SMILES string of the molecule is N=C(N)CNS(=O)(=O)c1ccc(F)c(F)c1. The molecule has 0 aliphatic rings. The fourth-order valence-corrected chi connectivity index (χ4v) is 1.92. The van der Waals surface area contributed by atoms with E-state index in [2.05, 4.69) is 0 Å². The molecule has 0 atom stereocenters. The number of rotatable bonds is 4. The van der Waals surface area contributed by atoms with Crippen molar-refractivity contribution in [3.05, 3.63) is 29.8 Å². The van der Waals surface area contributed by atoms with Gasteiger partial charge in [-0.2, -0.15) is 0 Å². The summed E-state index contributed by atoms with van der Waals surface area (Å²) in [6.07, 6.45) is 0. The van der Waals surface area contributed by atoms with Crippen LogP contribution in [-0.4, -0.2) is 20.8 Å². The molecule has 8 heteroatoms. The largest absolute Gasteiger partial charge is 0.387 e. The van der Waals surface area contributed by atoms with Crippen LogP contribution in [0, 0.1) is 17.0 Å². The number of hydrogen-bond donors (Lipinski definition) is 3. The second-order valence-electron chi connectivity index (χ2n) is 2.93. The van der Waals surface area contributed by atoms with Gasteiger partial charge in [-0.25, -0.2) is 21.9 Å². The van der Waals surface area contributed by atoms with Gasteiger partial charge in [-0.1, -0.05) is 0 Å². The highest BCUT2D eigenvalue weighted by Gasteiger charge is 2.16. The lowest BCUT2D eigenvalue weighted by molar-refractivity contribution is 0.504. The smallest absolute Gasteiger partial charge is 0.241 e. The first-order valence-corrected chi connectivity index (χ1v) is 5.59. The van der Waals surface area contributed by atoms with Crippen LogP contribution in [0.5, 0.6) is 0 Å². The van der Waals surface area contributed by atoms with Crippen LogP contribution in [0.25, 0.3) is 0 Å². The molecule has 0 unspecified atom stereocenters. The van der Waals surface area contributed by atoms with E-state index < -0.39 is 26.6 Å². The summed E-state index contributed by atoms with van der Waals surface area (Å²) in [5, 5.41) is 6.83. The summed E-state index contributed by atoms with van der Waals surface area (Å²) in [5.74, 6) is -2.78. The maximum atomic E-state index is 12.8. The molecule has 0 aliphatic carbocycles. The minimum absolute atomic E-state index is 0.383. The van der Waals surface area contributed by atoms with Crippen molar-refractivity contribution in [1.82, 2.24) is 4.72 Å². The van der Waals surface area contributed by atoms with Gasteiger partial charge in [0.1, 0.15) is 5.84 Å². The highest BCUT2D eigenvalue weighted by molar-refractivity contribution is 7.89. The van der Waals surface area contributed by atoms with Crippen LogP contribution in [-0.2, 0) is 10.0 Å². The van der Waals surface area contributed by atoms with E-state index in [-0.39, 0.29) is 12.4 Å². The van der Waals surface area contributed by atoms with Crippen LogP contribution in [0.2, 0.25) is 0 Å². The number of nitrogens with one attached hydrogen (secondary N) is 2. The fraction of sp³-hybridized carbons (Fsp3) is 0.125. The number of hydrogen-bond acceptors (Lipinski definition) is 3. The highest BCUT2D eigenvalue weighted by Crippen LogP contribution is 2.13. The monoisotopic (exact) mass is 249 g/mol. The molecule has 0 amide bonds. The minimum Gasteiger partial charge on any atom is -0.387 e. The van der Waals surface area contributed by atoms with Gasteiger partial charge >= 0.3 is 0 Å². The van der Waals surface area contributed by atoms with Crippen molar-refractivity contribution in [1.29, 1.82) is 5.41 Å². The first-order valence-electron chi connectivity index (χ1n) is 4.10.